The highest BCUT2D eigenvalue weighted by molar-refractivity contribution is 6.30. The molecule has 1 aliphatic rings. The maximum absolute atomic E-state index is 6.17. The van der Waals surface area contributed by atoms with Crippen LogP contribution in [0.1, 0.15) is 49.4 Å². The van der Waals surface area contributed by atoms with Crippen molar-refractivity contribution < 1.29 is 4.74 Å². The van der Waals surface area contributed by atoms with Crippen LogP contribution in [0.5, 0.6) is 5.88 Å². The second kappa shape index (κ2) is 7.85. The van der Waals surface area contributed by atoms with Crippen molar-refractivity contribution in [2.24, 2.45) is 5.92 Å². The SMILES string of the molecule is CCc1ccc(/C(=C/C2CCCC2)c2[c]c(Cl)ccc2)nc1OC. The van der Waals surface area contributed by atoms with Crippen molar-refractivity contribution in [1.82, 2.24) is 4.98 Å². The van der Waals surface area contributed by atoms with Gasteiger partial charge in [-0.25, -0.2) is 4.98 Å². The number of ether oxygens (including phenoxy) is 1. The fourth-order valence-electron chi connectivity index (χ4n) is 3.34. The van der Waals surface area contributed by atoms with Crippen molar-refractivity contribution in [3.63, 3.8) is 0 Å². The second-order valence-electron chi connectivity index (χ2n) is 6.26. The summed E-state index contributed by atoms with van der Waals surface area (Å²) in [7, 11) is 1.68. The van der Waals surface area contributed by atoms with Gasteiger partial charge in [0.05, 0.1) is 12.8 Å². The molecule has 1 radical (unpaired) electrons. The summed E-state index contributed by atoms with van der Waals surface area (Å²) in [5.74, 6) is 1.31. The lowest BCUT2D eigenvalue weighted by Gasteiger charge is -2.13. The van der Waals surface area contributed by atoms with E-state index in [9.17, 15) is 0 Å². The Balaban J connectivity index is 2.07. The van der Waals surface area contributed by atoms with E-state index >= 15 is 0 Å². The van der Waals surface area contributed by atoms with Crippen molar-refractivity contribution in [1.29, 1.82) is 0 Å². The van der Waals surface area contributed by atoms with Gasteiger partial charge in [0, 0.05) is 22.2 Å². The molecule has 3 rings (SSSR count). The molecule has 1 saturated carbocycles. The first-order valence-electron chi connectivity index (χ1n) is 8.65. The first kappa shape index (κ1) is 17.0. The number of rotatable bonds is 5. The highest BCUT2D eigenvalue weighted by Crippen LogP contribution is 2.33. The van der Waals surface area contributed by atoms with Crippen LogP contribution in [0.4, 0.5) is 0 Å². The van der Waals surface area contributed by atoms with Crippen molar-refractivity contribution in [2.45, 2.75) is 39.0 Å². The highest BCUT2D eigenvalue weighted by atomic mass is 35.5. The first-order valence-corrected chi connectivity index (χ1v) is 9.03. The van der Waals surface area contributed by atoms with Gasteiger partial charge in [-0.15, -0.1) is 0 Å². The fraction of sp³-hybridized carbons (Fsp3) is 0.381. The molecule has 1 aromatic carbocycles. The number of hydrogen-bond acceptors (Lipinski definition) is 2. The summed E-state index contributed by atoms with van der Waals surface area (Å²) in [6.45, 7) is 2.11. The Morgan fingerprint density at radius 3 is 2.75 bits per heavy atom. The molecule has 1 heterocycles. The Kier molecular flexibility index (Phi) is 5.57. The van der Waals surface area contributed by atoms with Gasteiger partial charge in [-0.2, -0.15) is 0 Å². The van der Waals surface area contributed by atoms with Crippen LogP contribution in [0.3, 0.4) is 0 Å². The summed E-state index contributed by atoms with van der Waals surface area (Å²) in [5.41, 5.74) is 4.14. The Morgan fingerprint density at radius 2 is 2.08 bits per heavy atom. The average molecular weight is 341 g/mol. The van der Waals surface area contributed by atoms with E-state index in [1.54, 1.807) is 7.11 Å². The molecular weight excluding hydrogens is 318 g/mol. The third-order valence-corrected chi connectivity index (χ3v) is 4.86. The van der Waals surface area contributed by atoms with E-state index in [1.165, 1.54) is 25.7 Å². The van der Waals surface area contributed by atoms with Crippen LogP contribution in [0.15, 0.2) is 36.4 Å². The van der Waals surface area contributed by atoms with Crippen LogP contribution in [0.25, 0.3) is 5.57 Å². The fourth-order valence-corrected chi connectivity index (χ4v) is 3.51. The lowest BCUT2D eigenvalue weighted by atomic mass is 9.95. The van der Waals surface area contributed by atoms with Gasteiger partial charge in [-0.05, 0) is 42.9 Å². The van der Waals surface area contributed by atoms with E-state index in [0.717, 1.165) is 28.8 Å². The van der Waals surface area contributed by atoms with Crippen molar-refractivity contribution in [3.8, 4) is 5.88 Å². The smallest absolute Gasteiger partial charge is 0.216 e. The predicted octanol–water partition coefficient (Wildman–Crippen LogP) is 5.73. The molecule has 0 spiro atoms. The van der Waals surface area contributed by atoms with Gasteiger partial charge in [0.1, 0.15) is 0 Å². The van der Waals surface area contributed by atoms with E-state index in [4.69, 9.17) is 21.3 Å². The zero-order chi connectivity index (χ0) is 16.9. The molecule has 0 atom stereocenters. The van der Waals surface area contributed by atoms with Crippen LogP contribution in [0, 0.1) is 12.0 Å². The quantitative estimate of drug-likeness (QED) is 0.693. The molecule has 3 heteroatoms. The molecule has 2 nitrogen and oxygen atoms in total. The topological polar surface area (TPSA) is 22.1 Å². The summed E-state index contributed by atoms with van der Waals surface area (Å²) in [4.78, 5) is 4.76. The standard InChI is InChI=1S/C21H23ClNO/c1-3-16-11-12-20(23-21(16)24-2)19(13-15-7-4-5-8-15)17-9-6-10-18(22)14-17/h6,9-13,15H,3-5,7-8H2,1-2H3/b19-13+. The normalized spacial score (nSPS) is 15.7. The largest absolute Gasteiger partial charge is 0.481 e. The third-order valence-electron chi connectivity index (χ3n) is 4.64. The van der Waals surface area contributed by atoms with E-state index < -0.39 is 0 Å². The number of aryl methyl sites for hydroxylation is 1. The number of aromatic nitrogens is 1. The molecule has 0 unspecified atom stereocenters. The predicted molar refractivity (Wildman–Crippen MR) is 99.5 cm³/mol. The van der Waals surface area contributed by atoms with Gasteiger partial charge >= 0.3 is 0 Å². The molecule has 0 bridgehead atoms. The maximum Gasteiger partial charge on any atom is 0.216 e. The summed E-state index contributed by atoms with van der Waals surface area (Å²) in [6, 6.07) is 13.3. The van der Waals surface area contributed by atoms with Crippen LogP contribution in [-0.4, -0.2) is 12.1 Å². The van der Waals surface area contributed by atoms with Crippen LogP contribution >= 0.6 is 11.6 Å². The molecule has 0 N–H and O–H groups in total. The van der Waals surface area contributed by atoms with Crippen molar-refractivity contribution in [3.05, 3.63) is 64.3 Å². The van der Waals surface area contributed by atoms with E-state index in [1.807, 2.05) is 12.1 Å². The van der Waals surface area contributed by atoms with Gasteiger partial charge in [0.25, 0.3) is 0 Å². The summed E-state index contributed by atoms with van der Waals surface area (Å²) < 4.78 is 5.48. The molecule has 0 saturated heterocycles. The Morgan fingerprint density at radius 1 is 1.29 bits per heavy atom. The molecule has 125 valence electrons. The van der Waals surface area contributed by atoms with Gasteiger partial charge in [0.15, 0.2) is 0 Å². The van der Waals surface area contributed by atoms with Gasteiger partial charge in [-0.3, -0.25) is 0 Å². The summed E-state index contributed by atoms with van der Waals surface area (Å²) in [5, 5.41) is 0.627. The van der Waals surface area contributed by atoms with Crippen LogP contribution < -0.4 is 4.74 Å². The molecule has 2 aromatic rings. The summed E-state index contributed by atoms with van der Waals surface area (Å²) in [6.07, 6.45) is 8.35. The van der Waals surface area contributed by atoms with Gasteiger partial charge in [0.2, 0.25) is 5.88 Å². The first-order chi connectivity index (χ1) is 11.7. The zero-order valence-corrected chi connectivity index (χ0v) is 15.1. The number of allylic oxidation sites excluding steroid dienone is 1. The number of methoxy groups -OCH3 is 1. The number of hydrogen-bond donors (Lipinski definition) is 0. The highest BCUT2D eigenvalue weighted by Gasteiger charge is 2.17. The average Bonchev–Trinajstić information content (AvgIpc) is 3.12. The van der Waals surface area contributed by atoms with Gasteiger partial charge in [-0.1, -0.05) is 55.6 Å². The number of halogens is 1. The maximum atomic E-state index is 6.17. The minimum absolute atomic E-state index is 0.603. The monoisotopic (exact) mass is 340 g/mol. The molecule has 24 heavy (non-hydrogen) atoms. The number of benzene rings is 1. The van der Waals surface area contributed by atoms with Gasteiger partial charge < -0.3 is 4.74 Å². The lowest BCUT2D eigenvalue weighted by molar-refractivity contribution is 0.392. The Labute approximate surface area is 149 Å². The van der Waals surface area contributed by atoms with Crippen LogP contribution in [-0.2, 0) is 6.42 Å². The molecule has 1 aromatic heterocycles. The zero-order valence-electron chi connectivity index (χ0n) is 14.3. The lowest BCUT2D eigenvalue weighted by Crippen LogP contribution is -2.01. The number of nitrogens with zero attached hydrogens (tertiary/aromatic N) is 1. The Hall–Kier alpha value is -1.80. The minimum Gasteiger partial charge on any atom is -0.481 e. The molecule has 1 aliphatic carbocycles. The Bertz CT molecular complexity index is 732. The van der Waals surface area contributed by atoms with Crippen molar-refractivity contribution >= 4 is 17.2 Å². The third kappa shape index (κ3) is 3.81. The summed E-state index contributed by atoms with van der Waals surface area (Å²) >= 11 is 6.17. The molecule has 1 fully saturated rings. The van der Waals surface area contributed by atoms with Crippen molar-refractivity contribution in [2.75, 3.05) is 7.11 Å². The van der Waals surface area contributed by atoms with E-state index in [2.05, 4.69) is 37.3 Å². The molecular formula is C21H23ClNO. The molecule has 0 amide bonds. The van der Waals surface area contributed by atoms with E-state index in [0.29, 0.717) is 16.8 Å². The minimum atomic E-state index is 0.603. The van der Waals surface area contributed by atoms with Crippen LogP contribution in [0.2, 0.25) is 5.02 Å². The van der Waals surface area contributed by atoms with E-state index in [-0.39, 0.29) is 0 Å². The number of pyridine rings is 1. The molecule has 0 aliphatic heterocycles. The second-order valence-corrected chi connectivity index (χ2v) is 6.66.